The standard InChI is InChI=1S/C26H31N3OS.ClH/c30-20-29-13-5-4-9-24(29)26-19-22-23(10-6-11-25(22)31-26)28-17-15-27(16-18-28)14-12-21-7-2-1-3-8-21;/h1-3,6-8,10-11,19-20,24H,4-5,9,12-18H2;1H. The molecule has 2 aliphatic heterocycles. The van der Waals surface area contributed by atoms with Crippen molar-refractivity contribution in [2.45, 2.75) is 31.7 Å². The minimum atomic E-state index is 0. The molecule has 0 saturated carbocycles. The van der Waals surface area contributed by atoms with Gasteiger partial charge >= 0.3 is 0 Å². The smallest absolute Gasteiger partial charge is 0.210 e. The van der Waals surface area contributed by atoms with Gasteiger partial charge in [0, 0.05) is 59.9 Å². The van der Waals surface area contributed by atoms with Gasteiger partial charge < -0.3 is 9.80 Å². The van der Waals surface area contributed by atoms with Gasteiger partial charge in [0.05, 0.1) is 6.04 Å². The van der Waals surface area contributed by atoms with Crippen LogP contribution in [0.25, 0.3) is 10.1 Å². The second-order valence-corrected chi connectivity index (χ2v) is 9.87. The van der Waals surface area contributed by atoms with Crippen LogP contribution < -0.4 is 4.90 Å². The molecule has 1 amide bonds. The lowest BCUT2D eigenvalue weighted by Crippen LogP contribution is -2.47. The summed E-state index contributed by atoms with van der Waals surface area (Å²) in [5.74, 6) is 0. The first-order valence-electron chi connectivity index (χ1n) is 11.6. The summed E-state index contributed by atoms with van der Waals surface area (Å²) >= 11 is 1.87. The molecule has 2 aromatic carbocycles. The number of piperazine rings is 1. The molecule has 1 unspecified atom stereocenters. The normalized spacial score (nSPS) is 19.7. The van der Waals surface area contributed by atoms with E-state index in [9.17, 15) is 4.79 Å². The maximum Gasteiger partial charge on any atom is 0.210 e. The molecule has 1 atom stereocenters. The second kappa shape index (κ2) is 10.7. The molecule has 5 rings (SSSR count). The molecular formula is C26H32ClN3OS. The Balaban J connectivity index is 0.00000245. The van der Waals surface area contributed by atoms with Gasteiger partial charge in [0.15, 0.2) is 0 Å². The summed E-state index contributed by atoms with van der Waals surface area (Å²) in [7, 11) is 0. The molecule has 6 heteroatoms. The first kappa shape index (κ1) is 23.1. The largest absolute Gasteiger partial charge is 0.368 e. The molecule has 0 spiro atoms. The molecule has 0 N–H and O–H groups in total. The number of hydrogen-bond donors (Lipinski definition) is 0. The van der Waals surface area contributed by atoms with Gasteiger partial charge in [-0.05, 0) is 49.4 Å². The van der Waals surface area contributed by atoms with Crippen LogP contribution in [0.5, 0.6) is 0 Å². The molecule has 2 fully saturated rings. The molecule has 1 aromatic heterocycles. The van der Waals surface area contributed by atoms with E-state index in [2.05, 4.69) is 64.4 Å². The zero-order chi connectivity index (χ0) is 21.0. The summed E-state index contributed by atoms with van der Waals surface area (Å²) in [4.78, 5) is 20.0. The fourth-order valence-electron chi connectivity index (χ4n) is 5.04. The predicted molar refractivity (Wildman–Crippen MR) is 137 cm³/mol. The zero-order valence-electron chi connectivity index (χ0n) is 18.5. The van der Waals surface area contributed by atoms with E-state index in [0.29, 0.717) is 0 Å². The number of likely N-dealkylation sites (tertiary alicyclic amines) is 1. The number of nitrogens with zero attached hydrogens (tertiary/aromatic N) is 3. The summed E-state index contributed by atoms with van der Waals surface area (Å²) in [6, 6.07) is 20.1. The number of carbonyl (C=O) groups excluding carboxylic acids is 1. The summed E-state index contributed by atoms with van der Waals surface area (Å²) in [5.41, 5.74) is 2.78. The molecule has 0 radical (unpaired) electrons. The molecule has 32 heavy (non-hydrogen) atoms. The number of benzene rings is 2. The lowest BCUT2D eigenvalue weighted by Gasteiger charge is -2.36. The Morgan fingerprint density at radius 1 is 0.938 bits per heavy atom. The van der Waals surface area contributed by atoms with Crippen LogP contribution in [0, 0.1) is 0 Å². The van der Waals surface area contributed by atoms with E-state index in [-0.39, 0.29) is 18.4 Å². The molecular weight excluding hydrogens is 438 g/mol. The highest BCUT2D eigenvalue weighted by atomic mass is 35.5. The van der Waals surface area contributed by atoms with Gasteiger partial charge in [-0.25, -0.2) is 0 Å². The Labute approximate surface area is 201 Å². The van der Waals surface area contributed by atoms with Crippen molar-refractivity contribution in [3.8, 4) is 0 Å². The highest BCUT2D eigenvalue weighted by molar-refractivity contribution is 7.19. The average molecular weight is 470 g/mol. The summed E-state index contributed by atoms with van der Waals surface area (Å²) in [6.45, 7) is 6.39. The van der Waals surface area contributed by atoms with Crippen LogP contribution in [0.3, 0.4) is 0 Å². The minimum Gasteiger partial charge on any atom is -0.368 e. The van der Waals surface area contributed by atoms with Crippen LogP contribution in [0.1, 0.15) is 35.7 Å². The molecule has 4 nitrogen and oxygen atoms in total. The number of hydrogen-bond acceptors (Lipinski definition) is 4. The van der Waals surface area contributed by atoms with Gasteiger partial charge in [-0.15, -0.1) is 23.7 Å². The first-order valence-corrected chi connectivity index (χ1v) is 12.4. The topological polar surface area (TPSA) is 26.8 Å². The van der Waals surface area contributed by atoms with E-state index in [1.54, 1.807) is 0 Å². The Morgan fingerprint density at radius 3 is 2.53 bits per heavy atom. The molecule has 2 aliphatic rings. The van der Waals surface area contributed by atoms with Crippen molar-refractivity contribution in [1.29, 1.82) is 0 Å². The number of piperidine rings is 1. The number of halogens is 1. The van der Waals surface area contributed by atoms with E-state index >= 15 is 0 Å². The molecule has 3 heterocycles. The quantitative estimate of drug-likeness (QED) is 0.454. The van der Waals surface area contributed by atoms with Crippen molar-refractivity contribution in [2.24, 2.45) is 0 Å². The highest BCUT2D eigenvalue weighted by Crippen LogP contribution is 2.40. The van der Waals surface area contributed by atoms with E-state index in [1.807, 2.05) is 16.2 Å². The highest BCUT2D eigenvalue weighted by Gasteiger charge is 2.25. The van der Waals surface area contributed by atoms with Crippen LogP contribution in [0.15, 0.2) is 54.6 Å². The fraction of sp³-hybridized carbons (Fsp3) is 0.423. The van der Waals surface area contributed by atoms with Crippen LogP contribution in [0.2, 0.25) is 0 Å². The molecule has 0 aliphatic carbocycles. The zero-order valence-corrected chi connectivity index (χ0v) is 20.1. The van der Waals surface area contributed by atoms with Crippen molar-refractivity contribution >= 4 is 45.9 Å². The summed E-state index contributed by atoms with van der Waals surface area (Å²) in [5, 5.41) is 1.36. The molecule has 3 aromatic rings. The van der Waals surface area contributed by atoms with Crippen LogP contribution in [-0.4, -0.2) is 55.5 Å². The Morgan fingerprint density at radius 2 is 1.75 bits per heavy atom. The number of carbonyl (C=O) groups is 1. The monoisotopic (exact) mass is 469 g/mol. The Kier molecular flexibility index (Phi) is 7.71. The number of fused-ring (bicyclic) bond motifs is 1. The van der Waals surface area contributed by atoms with Crippen molar-refractivity contribution in [2.75, 3.05) is 44.2 Å². The third-order valence-corrected chi connectivity index (χ3v) is 8.04. The minimum absolute atomic E-state index is 0. The second-order valence-electron chi connectivity index (χ2n) is 8.76. The molecule has 170 valence electrons. The van der Waals surface area contributed by atoms with Gasteiger partial charge in [-0.3, -0.25) is 9.69 Å². The average Bonchev–Trinajstić information content (AvgIpc) is 3.28. The third kappa shape index (κ3) is 4.95. The SMILES string of the molecule is Cl.O=CN1CCCCC1c1cc2c(N3CCN(CCc4ccccc4)CC3)cccc2s1. The number of thiophene rings is 1. The fourth-order valence-corrected chi connectivity index (χ4v) is 6.28. The number of rotatable bonds is 6. The van der Waals surface area contributed by atoms with Crippen LogP contribution in [0.4, 0.5) is 5.69 Å². The van der Waals surface area contributed by atoms with Crippen molar-refractivity contribution in [3.05, 3.63) is 65.0 Å². The van der Waals surface area contributed by atoms with Gasteiger partial charge in [0.1, 0.15) is 0 Å². The number of anilines is 1. The van der Waals surface area contributed by atoms with Crippen molar-refractivity contribution in [3.63, 3.8) is 0 Å². The van der Waals surface area contributed by atoms with Crippen molar-refractivity contribution in [1.82, 2.24) is 9.80 Å². The van der Waals surface area contributed by atoms with E-state index in [0.717, 1.165) is 64.9 Å². The maximum absolute atomic E-state index is 11.6. The third-order valence-electron chi connectivity index (χ3n) is 6.84. The van der Waals surface area contributed by atoms with Gasteiger partial charge in [0.25, 0.3) is 0 Å². The Bertz CT molecular complexity index is 1020. The van der Waals surface area contributed by atoms with Crippen LogP contribution >= 0.6 is 23.7 Å². The van der Waals surface area contributed by atoms with Gasteiger partial charge in [0.2, 0.25) is 6.41 Å². The van der Waals surface area contributed by atoms with E-state index < -0.39 is 0 Å². The van der Waals surface area contributed by atoms with Gasteiger partial charge in [-0.1, -0.05) is 36.4 Å². The summed E-state index contributed by atoms with van der Waals surface area (Å²) in [6.07, 6.45) is 5.59. The first-order chi connectivity index (χ1) is 15.3. The van der Waals surface area contributed by atoms with Gasteiger partial charge in [-0.2, -0.15) is 0 Å². The van der Waals surface area contributed by atoms with Crippen molar-refractivity contribution < 1.29 is 4.79 Å². The molecule has 2 saturated heterocycles. The van der Waals surface area contributed by atoms with Crippen LogP contribution in [-0.2, 0) is 11.2 Å². The predicted octanol–water partition coefficient (Wildman–Crippen LogP) is 5.37. The lowest BCUT2D eigenvalue weighted by molar-refractivity contribution is -0.121. The maximum atomic E-state index is 11.6. The van der Waals surface area contributed by atoms with E-state index in [4.69, 9.17) is 0 Å². The lowest BCUT2D eigenvalue weighted by atomic mass is 10.0. The Hall–Kier alpha value is -2.08. The van der Waals surface area contributed by atoms with E-state index in [1.165, 1.54) is 32.6 Å². The summed E-state index contributed by atoms with van der Waals surface area (Å²) < 4.78 is 1.34. The number of amides is 1. The molecule has 0 bridgehead atoms.